The Morgan fingerprint density at radius 1 is 1.38 bits per heavy atom. The molecule has 0 spiro atoms. The Kier molecular flexibility index (Phi) is 5.12. The normalized spacial score (nSPS) is 19.2. The highest BCUT2D eigenvalue weighted by Crippen LogP contribution is 2.40. The molecule has 1 aliphatic carbocycles. The number of hydrogen-bond donors (Lipinski definition) is 3. The molecule has 9 heteroatoms. The van der Waals surface area contributed by atoms with Crippen molar-refractivity contribution in [2.45, 2.75) is 64.3 Å². The first-order valence-electron chi connectivity index (χ1n) is 9.97. The second kappa shape index (κ2) is 7.73. The van der Waals surface area contributed by atoms with E-state index in [1.807, 2.05) is 23.8 Å². The molecule has 0 aromatic carbocycles. The number of aromatic nitrogens is 5. The molecule has 0 unspecified atom stereocenters. The molecule has 29 heavy (non-hydrogen) atoms. The minimum absolute atomic E-state index is 0.0421. The highest BCUT2D eigenvalue weighted by Gasteiger charge is 2.29. The average Bonchev–Trinajstić information content (AvgIpc) is 3.41. The molecule has 4 rings (SSSR count). The van der Waals surface area contributed by atoms with Crippen LogP contribution in [-0.2, 0) is 11.2 Å². The minimum Gasteiger partial charge on any atom is -0.361 e. The van der Waals surface area contributed by atoms with Gasteiger partial charge in [0.2, 0.25) is 5.91 Å². The quantitative estimate of drug-likeness (QED) is 0.589. The number of aromatic amines is 2. The number of rotatable bonds is 6. The number of nitrogens with one attached hydrogen (secondary N) is 3. The van der Waals surface area contributed by atoms with E-state index in [1.165, 1.54) is 0 Å². The van der Waals surface area contributed by atoms with E-state index in [9.17, 15) is 9.59 Å². The fourth-order valence-corrected chi connectivity index (χ4v) is 3.94. The molecule has 1 amide bonds. The lowest BCUT2D eigenvalue weighted by molar-refractivity contribution is -0.115. The van der Waals surface area contributed by atoms with Gasteiger partial charge in [-0.05, 0) is 32.1 Å². The molecule has 0 radical (unpaired) electrons. The number of carbonyl (C=O) groups is 1. The molecule has 3 aromatic rings. The molecule has 1 fully saturated rings. The van der Waals surface area contributed by atoms with Gasteiger partial charge in [-0.2, -0.15) is 5.10 Å². The van der Waals surface area contributed by atoms with E-state index in [0.717, 1.165) is 36.3 Å². The van der Waals surface area contributed by atoms with Crippen LogP contribution in [0.3, 0.4) is 0 Å². The lowest BCUT2D eigenvalue weighted by atomic mass is 10.0. The Labute approximate surface area is 167 Å². The number of anilines is 1. The van der Waals surface area contributed by atoms with Gasteiger partial charge < -0.3 is 14.8 Å². The van der Waals surface area contributed by atoms with Crippen LogP contribution in [0.15, 0.2) is 27.6 Å². The van der Waals surface area contributed by atoms with Crippen molar-refractivity contribution in [3.8, 4) is 0 Å². The van der Waals surface area contributed by atoms with Crippen molar-refractivity contribution in [3.05, 3.63) is 51.7 Å². The summed E-state index contributed by atoms with van der Waals surface area (Å²) in [4.78, 5) is 27.4. The summed E-state index contributed by atoms with van der Waals surface area (Å²) >= 11 is 0. The second-order valence-electron chi connectivity index (χ2n) is 8.11. The van der Waals surface area contributed by atoms with E-state index >= 15 is 0 Å². The first kappa shape index (κ1) is 19.2. The van der Waals surface area contributed by atoms with Gasteiger partial charge in [0.05, 0.1) is 12.1 Å². The highest BCUT2D eigenvalue weighted by molar-refractivity contribution is 5.91. The van der Waals surface area contributed by atoms with E-state index in [-0.39, 0.29) is 30.0 Å². The fourth-order valence-electron chi connectivity index (χ4n) is 3.94. The number of aryl methyl sites for hydroxylation is 1. The zero-order valence-corrected chi connectivity index (χ0v) is 16.9. The van der Waals surface area contributed by atoms with E-state index in [0.29, 0.717) is 17.5 Å². The Bertz CT molecular complexity index is 1060. The van der Waals surface area contributed by atoms with Crippen molar-refractivity contribution in [2.24, 2.45) is 0 Å². The van der Waals surface area contributed by atoms with E-state index in [1.54, 1.807) is 6.07 Å². The van der Waals surface area contributed by atoms with Gasteiger partial charge in [0.15, 0.2) is 5.82 Å². The van der Waals surface area contributed by atoms with Gasteiger partial charge in [0.1, 0.15) is 5.76 Å². The van der Waals surface area contributed by atoms with Crippen LogP contribution in [0, 0.1) is 6.92 Å². The van der Waals surface area contributed by atoms with Gasteiger partial charge in [-0.25, -0.2) is 4.79 Å². The summed E-state index contributed by atoms with van der Waals surface area (Å²) in [5.41, 5.74) is 2.64. The summed E-state index contributed by atoms with van der Waals surface area (Å²) in [6.45, 7) is 5.94. The molecule has 0 aliphatic heterocycles. The van der Waals surface area contributed by atoms with Crippen LogP contribution >= 0.6 is 0 Å². The smallest absolute Gasteiger partial charge is 0.325 e. The average molecular weight is 398 g/mol. The summed E-state index contributed by atoms with van der Waals surface area (Å²) in [6.07, 6.45) is 4.83. The molecule has 154 valence electrons. The van der Waals surface area contributed by atoms with Crippen LogP contribution in [0.4, 0.5) is 5.82 Å². The predicted octanol–water partition coefficient (Wildman–Crippen LogP) is 3.01. The van der Waals surface area contributed by atoms with Crippen LogP contribution < -0.4 is 11.0 Å². The van der Waals surface area contributed by atoms with Crippen molar-refractivity contribution >= 4 is 11.7 Å². The van der Waals surface area contributed by atoms with Gasteiger partial charge in [-0.15, -0.1) is 0 Å². The molecule has 2 atom stereocenters. The van der Waals surface area contributed by atoms with Crippen LogP contribution in [-0.4, -0.2) is 30.8 Å². The van der Waals surface area contributed by atoms with Crippen molar-refractivity contribution in [1.82, 2.24) is 24.9 Å². The second-order valence-corrected chi connectivity index (χ2v) is 8.11. The predicted molar refractivity (Wildman–Crippen MR) is 107 cm³/mol. The van der Waals surface area contributed by atoms with Gasteiger partial charge in [0.25, 0.3) is 0 Å². The summed E-state index contributed by atoms with van der Waals surface area (Å²) < 4.78 is 6.90. The summed E-state index contributed by atoms with van der Waals surface area (Å²) in [5, 5.41) is 13.8. The van der Waals surface area contributed by atoms with Crippen LogP contribution in [0.25, 0.3) is 0 Å². The fraction of sp³-hybridized carbons (Fsp3) is 0.500. The number of nitrogens with zero attached hydrogens (tertiary/aromatic N) is 3. The van der Waals surface area contributed by atoms with Crippen LogP contribution in [0.5, 0.6) is 0 Å². The lowest BCUT2D eigenvalue weighted by Crippen LogP contribution is -2.20. The highest BCUT2D eigenvalue weighted by atomic mass is 16.5. The Balaban J connectivity index is 1.37. The topological polar surface area (TPSA) is 122 Å². The van der Waals surface area contributed by atoms with Crippen LogP contribution in [0.1, 0.15) is 73.8 Å². The zero-order valence-electron chi connectivity index (χ0n) is 16.9. The van der Waals surface area contributed by atoms with Gasteiger partial charge in [-0.3, -0.25) is 14.5 Å². The minimum atomic E-state index is -0.205. The maximum atomic E-state index is 12.3. The van der Waals surface area contributed by atoms with Crippen molar-refractivity contribution in [2.75, 3.05) is 5.32 Å². The molecular weight excluding hydrogens is 372 g/mol. The van der Waals surface area contributed by atoms with Crippen molar-refractivity contribution in [1.29, 1.82) is 0 Å². The van der Waals surface area contributed by atoms with Gasteiger partial charge in [-0.1, -0.05) is 19.0 Å². The summed E-state index contributed by atoms with van der Waals surface area (Å²) in [5.74, 6) is 1.38. The number of amides is 1. The SMILES string of the molecule is Cc1cc(CC(=O)Nc2cc([C@H]3CC[C@@H](n4cc(C(C)C)[nH]c4=O)C3)[nH]n2)on1. The monoisotopic (exact) mass is 398 g/mol. The largest absolute Gasteiger partial charge is 0.361 e. The third kappa shape index (κ3) is 4.18. The Morgan fingerprint density at radius 2 is 2.21 bits per heavy atom. The third-order valence-electron chi connectivity index (χ3n) is 5.50. The van der Waals surface area contributed by atoms with Gasteiger partial charge >= 0.3 is 5.69 Å². The van der Waals surface area contributed by atoms with Gasteiger partial charge in [0, 0.05) is 41.7 Å². The molecule has 3 N–H and O–H groups in total. The van der Waals surface area contributed by atoms with Crippen molar-refractivity contribution in [3.63, 3.8) is 0 Å². The number of carbonyl (C=O) groups excluding carboxylic acids is 1. The first-order valence-corrected chi connectivity index (χ1v) is 9.97. The molecule has 9 nitrogen and oxygen atoms in total. The third-order valence-corrected chi connectivity index (χ3v) is 5.50. The maximum absolute atomic E-state index is 12.3. The Morgan fingerprint density at radius 3 is 2.90 bits per heavy atom. The van der Waals surface area contributed by atoms with E-state index < -0.39 is 0 Å². The first-order chi connectivity index (χ1) is 13.9. The maximum Gasteiger partial charge on any atom is 0.325 e. The molecule has 3 aromatic heterocycles. The molecule has 0 saturated heterocycles. The standard InChI is InChI=1S/C20H26N6O3/c1-11(2)17-10-26(20(28)21-17)14-5-4-13(7-14)16-9-18(24-23-16)22-19(27)8-15-6-12(3)25-29-15/h6,9-11,13-14H,4-5,7-8H2,1-3H3,(H,21,28)(H2,22,23,24,27)/t13-,14+/m0/s1. The molecular formula is C20H26N6O3. The van der Waals surface area contributed by atoms with E-state index in [2.05, 4.69) is 39.5 Å². The molecule has 1 saturated carbocycles. The molecule has 1 aliphatic rings. The Hall–Kier alpha value is -3.10. The number of H-pyrrole nitrogens is 2. The molecule has 0 bridgehead atoms. The summed E-state index contributed by atoms with van der Waals surface area (Å²) in [6, 6.07) is 3.78. The number of imidazole rings is 1. The zero-order chi connectivity index (χ0) is 20.5. The summed E-state index contributed by atoms with van der Waals surface area (Å²) in [7, 11) is 0. The molecule has 3 heterocycles. The van der Waals surface area contributed by atoms with E-state index in [4.69, 9.17) is 4.52 Å². The number of hydrogen-bond acceptors (Lipinski definition) is 5. The lowest BCUT2D eigenvalue weighted by Gasteiger charge is -2.11. The van der Waals surface area contributed by atoms with Crippen molar-refractivity contribution < 1.29 is 9.32 Å². The van der Waals surface area contributed by atoms with Crippen LogP contribution in [0.2, 0.25) is 0 Å².